The molecule has 4 aromatic rings. The standard InChI is InChI=1S/C31H28N2O5S/c1-22-16-18-27(19-17-22)39(36,37)33-29(26-15-9-10-23(2)20-26)38-31(30(33)35,21-24-11-5-3-6-12-24)32-28(34)25-13-7-4-8-14-25/h3-20,29H,21H2,1-2H3,(H,32,34). The Balaban J connectivity index is 1.66. The van der Waals surface area contributed by atoms with Crippen molar-refractivity contribution >= 4 is 21.8 Å². The largest absolute Gasteiger partial charge is 0.317 e. The number of hydrogen-bond donors (Lipinski definition) is 1. The summed E-state index contributed by atoms with van der Waals surface area (Å²) in [7, 11) is -4.37. The molecule has 39 heavy (non-hydrogen) atoms. The highest BCUT2D eigenvalue weighted by Gasteiger charge is 2.59. The summed E-state index contributed by atoms with van der Waals surface area (Å²) in [6.45, 7) is 3.72. The van der Waals surface area contributed by atoms with Crippen LogP contribution in [0.15, 0.2) is 114 Å². The molecule has 1 aliphatic rings. The molecular formula is C31H28N2O5S. The summed E-state index contributed by atoms with van der Waals surface area (Å²) in [6.07, 6.45) is -1.38. The first-order chi connectivity index (χ1) is 18.7. The monoisotopic (exact) mass is 540 g/mol. The van der Waals surface area contributed by atoms with Crippen LogP contribution in [-0.4, -0.2) is 30.3 Å². The molecule has 1 heterocycles. The zero-order valence-corrected chi connectivity index (χ0v) is 22.4. The lowest BCUT2D eigenvalue weighted by molar-refractivity contribution is -0.138. The molecule has 0 saturated carbocycles. The molecule has 4 aromatic carbocycles. The van der Waals surface area contributed by atoms with Gasteiger partial charge in [-0.3, -0.25) is 9.59 Å². The number of nitrogens with one attached hydrogen (secondary N) is 1. The molecule has 8 heteroatoms. The second kappa shape index (κ2) is 10.5. The average molecular weight is 541 g/mol. The number of rotatable bonds is 7. The molecule has 2 atom stereocenters. The molecule has 1 fully saturated rings. The van der Waals surface area contributed by atoms with Gasteiger partial charge in [-0.05, 0) is 43.7 Å². The number of sulfonamides is 1. The van der Waals surface area contributed by atoms with E-state index in [4.69, 9.17) is 4.74 Å². The molecule has 0 spiro atoms. The Morgan fingerprint density at radius 2 is 1.49 bits per heavy atom. The number of aryl methyl sites for hydroxylation is 2. The van der Waals surface area contributed by atoms with Gasteiger partial charge in [-0.15, -0.1) is 0 Å². The zero-order valence-electron chi connectivity index (χ0n) is 21.6. The summed E-state index contributed by atoms with van der Waals surface area (Å²) in [4.78, 5) is 27.7. The topological polar surface area (TPSA) is 92.8 Å². The van der Waals surface area contributed by atoms with E-state index >= 15 is 0 Å². The Morgan fingerprint density at radius 1 is 0.846 bits per heavy atom. The maximum Gasteiger partial charge on any atom is 0.292 e. The van der Waals surface area contributed by atoms with E-state index in [0.29, 0.717) is 16.7 Å². The molecule has 1 saturated heterocycles. The van der Waals surface area contributed by atoms with Crippen LogP contribution in [0, 0.1) is 13.8 Å². The van der Waals surface area contributed by atoms with Crippen molar-refractivity contribution in [3.8, 4) is 0 Å². The third-order valence-electron chi connectivity index (χ3n) is 6.62. The number of carbonyl (C=O) groups excluding carboxylic acids is 2. The van der Waals surface area contributed by atoms with Crippen molar-refractivity contribution in [3.63, 3.8) is 0 Å². The number of amides is 2. The molecule has 2 amide bonds. The lowest BCUT2D eigenvalue weighted by atomic mass is 10.0. The van der Waals surface area contributed by atoms with E-state index in [0.717, 1.165) is 15.4 Å². The predicted molar refractivity (Wildman–Crippen MR) is 147 cm³/mol. The zero-order chi connectivity index (χ0) is 27.6. The Bertz CT molecular complexity index is 1610. The fourth-order valence-electron chi connectivity index (χ4n) is 4.63. The normalized spacial score (nSPS) is 19.2. The van der Waals surface area contributed by atoms with Gasteiger partial charge < -0.3 is 10.1 Å². The minimum atomic E-state index is -4.37. The van der Waals surface area contributed by atoms with Crippen LogP contribution < -0.4 is 5.32 Å². The van der Waals surface area contributed by atoms with Gasteiger partial charge in [0, 0.05) is 17.5 Å². The summed E-state index contributed by atoms with van der Waals surface area (Å²) < 4.78 is 35.2. The minimum Gasteiger partial charge on any atom is -0.317 e. The van der Waals surface area contributed by atoms with Gasteiger partial charge in [0.2, 0.25) is 5.72 Å². The summed E-state index contributed by atoms with van der Waals surface area (Å²) in [5.74, 6) is -1.43. The van der Waals surface area contributed by atoms with Crippen molar-refractivity contribution in [2.75, 3.05) is 0 Å². The molecule has 2 unspecified atom stereocenters. The predicted octanol–water partition coefficient (Wildman–Crippen LogP) is 4.92. The van der Waals surface area contributed by atoms with Gasteiger partial charge in [-0.25, -0.2) is 8.42 Å². The van der Waals surface area contributed by atoms with Gasteiger partial charge in [0.1, 0.15) is 0 Å². The summed E-state index contributed by atoms with van der Waals surface area (Å²) in [6, 6.07) is 30.9. The van der Waals surface area contributed by atoms with E-state index in [2.05, 4.69) is 5.32 Å². The van der Waals surface area contributed by atoms with Crippen LogP contribution in [0.2, 0.25) is 0 Å². The molecular weight excluding hydrogens is 512 g/mol. The third kappa shape index (κ3) is 5.21. The number of hydrogen-bond acceptors (Lipinski definition) is 5. The maximum absolute atomic E-state index is 14.4. The molecule has 5 rings (SSSR count). The summed E-state index contributed by atoms with van der Waals surface area (Å²) in [5, 5.41) is 2.77. The number of benzene rings is 4. The molecule has 0 bridgehead atoms. The first-order valence-electron chi connectivity index (χ1n) is 12.5. The Hall–Kier alpha value is -4.27. The van der Waals surface area contributed by atoms with Crippen molar-refractivity contribution in [3.05, 3.63) is 137 Å². The fourth-order valence-corrected chi connectivity index (χ4v) is 6.12. The van der Waals surface area contributed by atoms with Gasteiger partial charge in [0.05, 0.1) is 4.90 Å². The lowest BCUT2D eigenvalue weighted by Crippen LogP contribution is -2.57. The van der Waals surface area contributed by atoms with Crippen LogP contribution in [0.4, 0.5) is 0 Å². The first kappa shape index (κ1) is 26.3. The van der Waals surface area contributed by atoms with E-state index in [1.165, 1.54) is 12.1 Å². The summed E-state index contributed by atoms with van der Waals surface area (Å²) in [5.41, 5.74) is 1.24. The highest BCUT2D eigenvalue weighted by Crippen LogP contribution is 2.42. The van der Waals surface area contributed by atoms with Crippen LogP contribution in [0.25, 0.3) is 0 Å². The number of nitrogens with zero attached hydrogens (tertiary/aromatic N) is 1. The van der Waals surface area contributed by atoms with Gasteiger partial charge in [-0.1, -0.05) is 96.1 Å². The SMILES string of the molecule is Cc1ccc(S(=O)(=O)N2C(=O)C(Cc3ccccc3)(NC(=O)c3ccccc3)OC2c2cccc(C)c2)cc1. The summed E-state index contributed by atoms with van der Waals surface area (Å²) >= 11 is 0. The van der Waals surface area contributed by atoms with Crippen molar-refractivity contribution in [2.45, 2.75) is 37.1 Å². The highest BCUT2D eigenvalue weighted by molar-refractivity contribution is 7.89. The van der Waals surface area contributed by atoms with Crippen LogP contribution in [-0.2, 0) is 26.0 Å². The van der Waals surface area contributed by atoms with Gasteiger partial charge in [0.15, 0.2) is 6.23 Å². The molecule has 0 aromatic heterocycles. The first-order valence-corrected chi connectivity index (χ1v) is 13.9. The number of ether oxygens (including phenoxy) is 1. The second-order valence-electron chi connectivity index (χ2n) is 9.61. The molecule has 1 N–H and O–H groups in total. The Morgan fingerprint density at radius 3 is 2.13 bits per heavy atom. The van der Waals surface area contributed by atoms with Gasteiger partial charge >= 0.3 is 0 Å². The maximum atomic E-state index is 14.4. The quantitative estimate of drug-likeness (QED) is 0.359. The van der Waals surface area contributed by atoms with Gasteiger partial charge in [-0.2, -0.15) is 4.31 Å². The molecule has 198 valence electrons. The van der Waals surface area contributed by atoms with Crippen LogP contribution in [0.1, 0.15) is 38.8 Å². The van der Waals surface area contributed by atoms with E-state index in [-0.39, 0.29) is 11.3 Å². The van der Waals surface area contributed by atoms with Crippen molar-refractivity contribution < 1.29 is 22.7 Å². The molecule has 0 aliphatic carbocycles. The molecule has 7 nitrogen and oxygen atoms in total. The third-order valence-corrected chi connectivity index (χ3v) is 8.37. The van der Waals surface area contributed by atoms with Gasteiger partial charge in [0.25, 0.3) is 21.8 Å². The number of carbonyl (C=O) groups is 2. The molecule has 0 radical (unpaired) electrons. The fraction of sp³-hybridized carbons (Fsp3) is 0.161. The Kier molecular flexibility index (Phi) is 7.08. The van der Waals surface area contributed by atoms with Crippen LogP contribution >= 0.6 is 0 Å². The van der Waals surface area contributed by atoms with Crippen molar-refractivity contribution in [1.82, 2.24) is 9.62 Å². The van der Waals surface area contributed by atoms with Crippen LogP contribution in [0.5, 0.6) is 0 Å². The smallest absolute Gasteiger partial charge is 0.292 e. The van der Waals surface area contributed by atoms with E-state index in [9.17, 15) is 18.0 Å². The minimum absolute atomic E-state index is 0.0485. The van der Waals surface area contributed by atoms with E-state index < -0.39 is 33.8 Å². The van der Waals surface area contributed by atoms with Crippen molar-refractivity contribution in [2.24, 2.45) is 0 Å². The highest BCUT2D eigenvalue weighted by atomic mass is 32.2. The Labute approximate surface area is 228 Å². The van der Waals surface area contributed by atoms with Crippen LogP contribution in [0.3, 0.4) is 0 Å². The lowest BCUT2D eigenvalue weighted by Gasteiger charge is -2.27. The van der Waals surface area contributed by atoms with E-state index in [1.54, 1.807) is 84.9 Å². The average Bonchev–Trinajstić information content (AvgIpc) is 3.22. The van der Waals surface area contributed by atoms with Crippen molar-refractivity contribution in [1.29, 1.82) is 0 Å². The van der Waals surface area contributed by atoms with E-state index in [1.807, 2.05) is 26.0 Å². The second-order valence-corrected chi connectivity index (χ2v) is 11.4. The molecule has 1 aliphatic heterocycles.